The van der Waals surface area contributed by atoms with Crippen LogP contribution in [0.25, 0.3) is 0 Å². The van der Waals surface area contributed by atoms with E-state index in [9.17, 15) is 15.2 Å². The average molecular weight is 319 g/mol. The molecule has 0 fully saturated rings. The third-order valence-corrected chi connectivity index (χ3v) is 3.85. The zero-order valence-corrected chi connectivity index (χ0v) is 12.7. The third kappa shape index (κ3) is 2.75. The van der Waals surface area contributed by atoms with Gasteiger partial charge >= 0.3 is 17.2 Å². The Kier molecular flexibility index (Phi) is 4.08. The van der Waals surface area contributed by atoms with Gasteiger partial charge in [-0.15, -0.1) is 0 Å². The minimum absolute atomic E-state index is 0.0735. The monoisotopic (exact) mass is 319 g/mol. The van der Waals surface area contributed by atoms with Gasteiger partial charge in [-0.1, -0.05) is 30.3 Å². The Labute approximate surface area is 138 Å². The highest BCUT2D eigenvalue weighted by Gasteiger charge is 2.44. The highest BCUT2D eigenvalue weighted by Crippen LogP contribution is 2.13. The van der Waals surface area contributed by atoms with Crippen molar-refractivity contribution in [3.05, 3.63) is 81.7 Å². The summed E-state index contributed by atoms with van der Waals surface area (Å²) in [6, 6.07) is 17.4. The fraction of sp³-hybridized carbons (Fsp3) is 0.111. The smallest absolute Gasteiger partial charge is 0.348 e. The number of aryl methyl sites for hydroxylation is 1. The molecule has 1 aliphatic heterocycles. The SMILES string of the molecule is N#Cc1ccc(C2=[N+]([O-])[N+]([O-])=C(CCc3ccccc3)C2=O)cc1. The average Bonchev–Trinajstić information content (AvgIpc) is 2.83. The maximum atomic E-state index is 12.5. The summed E-state index contributed by atoms with van der Waals surface area (Å²) < 4.78 is 0. The fourth-order valence-corrected chi connectivity index (χ4v) is 2.57. The van der Waals surface area contributed by atoms with Crippen LogP contribution < -0.4 is 0 Å². The number of hydrazine groups is 1. The Balaban J connectivity index is 1.83. The van der Waals surface area contributed by atoms with E-state index in [1.54, 1.807) is 0 Å². The van der Waals surface area contributed by atoms with E-state index >= 15 is 0 Å². The van der Waals surface area contributed by atoms with E-state index in [0.29, 0.717) is 17.5 Å². The van der Waals surface area contributed by atoms with Crippen LogP contribution in [-0.2, 0) is 11.2 Å². The molecular formula is C18H13N3O3. The molecule has 0 spiro atoms. The van der Waals surface area contributed by atoms with Crippen molar-refractivity contribution in [2.24, 2.45) is 0 Å². The minimum Gasteiger partial charge on any atom is -0.561 e. The van der Waals surface area contributed by atoms with Gasteiger partial charge in [-0.05, 0) is 36.2 Å². The van der Waals surface area contributed by atoms with Crippen LogP contribution in [0.5, 0.6) is 0 Å². The van der Waals surface area contributed by atoms with Crippen molar-refractivity contribution in [1.82, 2.24) is 0 Å². The predicted molar refractivity (Wildman–Crippen MR) is 87.3 cm³/mol. The number of nitriles is 1. The molecule has 2 aromatic carbocycles. The molecule has 1 aliphatic rings. The summed E-state index contributed by atoms with van der Waals surface area (Å²) in [6.45, 7) is 0. The lowest BCUT2D eigenvalue weighted by atomic mass is 9.99. The van der Waals surface area contributed by atoms with E-state index in [0.717, 1.165) is 5.56 Å². The Morgan fingerprint density at radius 2 is 1.58 bits per heavy atom. The zero-order valence-electron chi connectivity index (χ0n) is 12.7. The second-order valence-electron chi connectivity index (χ2n) is 5.35. The van der Waals surface area contributed by atoms with Gasteiger partial charge in [-0.2, -0.15) is 5.26 Å². The van der Waals surface area contributed by atoms with Crippen LogP contribution in [0.4, 0.5) is 0 Å². The van der Waals surface area contributed by atoms with Crippen LogP contribution in [0, 0.1) is 21.7 Å². The van der Waals surface area contributed by atoms with Gasteiger partial charge in [0.05, 0.1) is 26.9 Å². The molecule has 0 amide bonds. The van der Waals surface area contributed by atoms with Crippen molar-refractivity contribution in [2.45, 2.75) is 12.8 Å². The molecule has 1 heterocycles. The highest BCUT2D eigenvalue weighted by atomic mass is 16.7. The summed E-state index contributed by atoms with van der Waals surface area (Å²) in [7, 11) is 0. The predicted octanol–water partition coefficient (Wildman–Crippen LogP) is 1.94. The van der Waals surface area contributed by atoms with Crippen molar-refractivity contribution in [2.75, 3.05) is 0 Å². The molecule has 0 saturated heterocycles. The lowest BCUT2D eigenvalue weighted by Gasteiger charge is -1.99. The Morgan fingerprint density at radius 3 is 2.21 bits per heavy atom. The van der Waals surface area contributed by atoms with Crippen LogP contribution in [0.15, 0.2) is 54.6 Å². The number of carbonyl (C=O) groups is 1. The molecule has 0 bridgehead atoms. The van der Waals surface area contributed by atoms with Crippen molar-refractivity contribution in [1.29, 1.82) is 5.26 Å². The quantitative estimate of drug-likeness (QED) is 0.636. The number of rotatable bonds is 4. The molecule has 0 aromatic heterocycles. The van der Waals surface area contributed by atoms with Crippen LogP contribution in [0.1, 0.15) is 23.1 Å². The van der Waals surface area contributed by atoms with E-state index in [2.05, 4.69) is 0 Å². The van der Waals surface area contributed by atoms with E-state index in [4.69, 9.17) is 5.26 Å². The fourth-order valence-electron chi connectivity index (χ4n) is 2.57. The number of carbonyl (C=O) groups excluding carboxylic acids is 1. The molecule has 24 heavy (non-hydrogen) atoms. The number of nitrogens with zero attached hydrogens (tertiary/aromatic N) is 3. The maximum absolute atomic E-state index is 12.5. The largest absolute Gasteiger partial charge is 0.561 e. The number of benzene rings is 2. The van der Waals surface area contributed by atoms with E-state index in [1.165, 1.54) is 24.3 Å². The van der Waals surface area contributed by atoms with Crippen molar-refractivity contribution in [3.63, 3.8) is 0 Å². The first kappa shape index (κ1) is 15.4. The van der Waals surface area contributed by atoms with Crippen LogP contribution in [0.3, 0.4) is 0 Å². The molecule has 3 rings (SSSR count). The molecule has 2 aromatic rings. The standard InChI is InChI=1S/C18H13N3O3/c19-12-14-6-9-15(10-7-14)17-18(22)16(20(23)21(17)24)11-8-13-4-2-1-3-5-13/h1-7,9-10H,8,11H2. The van der Waals surface area contributed by atoms with Crippen molar-refractivity contribution >= 4 is 17.2 Å². The molecule has 0 N–H and O–H groups in total. The van der Waals surface area contributed by atoms with Gasteiger partial charge in [0.15, 0.2) is 0 Å². The van der Waals surface area contributed by atoms with Gasteiger partial charge in [-0.3, -0.25) is 4.79 Å². The number of ketones is 1. The number of Topliss-reactive ketones (excluding diaryl/α,β-unsaturated/α-hetero) is 1. The Bertz CT molecular complexity index is 891. The maximum Gasteiger partial charge on any atom is 0.348 e. The van der Waals surface area contributed by atoms with E-state index in [-0.39, 0.29) is 27.5 Å². The van der Waals surface area contributed by atoms with Gasteiger partial charge in [-0.25, -0.2) is 0 Å². The van der Waals surface area contributed by atoms with Crippen LogP contribution in [-0.4, -0.2) is 26.9 Å². The molecular weight excluding hydrogens is 306 g/mol. The number of hydrogen-bond donors (Lipinski definition) is 0. The summed E-state index contributed by atoms with van der Waals surface area (Å²) in [6.07, 6.45) is 0.681. The van der Waals surface area contributed by atoms with E-state index < -0.39 is 5.78 Å². The molecule has 0 atom stereocenters. The van der Waals surface area contributed by atoms with Crippen molar-refractivity contribution < 1.29 is 14.5 Å². The number of hydrogen-bond acceptors (Lipinski definition) is 4. The van der Waals surface area contributed by atoms with Gasteiger partial charge in [0.1, 0.15) is 0 Å². The lowest BCUT2D eigenvalue weighted by molar-refractivity contribution is -1.05. The Hall–Kier alpha value is -3.46. The first-order chi connectivity index (χ1) is 11.6. The molecule has 0 saturated carbocycles. The molecule has 118 valence electrons. The lowest BCUT2D eigenvalue weighted by Crippen LogP contribution is -2.23. The first-order valence-electron chi connectivity index (χ1n) is 7.38. The summed E-state index contributed by atoms with van der Waals surface area (Å²) in [4.78, 5) is 12.7. The molecule has 0 radical (unpaired) electrons. The Morgan fingerprint density at radius 1 is 0.917 bits per heavy atom. The minimum atomic E-state index is -0.569. The highest BCUT2D eigenvalue weighted by molar-refractivity contribution is 6.68. The van der Waals surface area contributed by atoms with Gasteiger partial charge in [0.25, 0.3) is 0 Å². The topological polar surface area (TPSA) is 93.0 Å². The number of hydrazone groups is 2. The third-order valence-electron chi connectivity index (χ3n) is 3.85. The first-order valence-corrected chi connectivity index (χ1v) is 7.38. The molecule has 0 unspecified atom stereocenters. The normalized spacial score (nSPS) is 14.2. The van der Waals surface area contributed by atoms with Gasteiger partial charge in [0.2, 0.25) is 0 Å². The van der Waals surface area contributed by atoms with Crippen LogP contribution >= 0.6 is 0 Å². The summed E-state index contributed by atoms with van der Waals surface area (Å²) in [5, 5.41) is 32.9. The van der Waals surface area contributed by atoms with Gasteiger partial charge in [0, 0.05) is 6.42 Å². The second-order valence-corrected chi connectivity index (χ2v) is 5.35. The van der Waals surface area contributed by atoms with E-state index in [1.807, 2.05) is 36.4 Å². The molecule has 6 heteroatoms. The second kappa shape index (κ2) is 6.34. The summed E-state index contributed by atoms with van der Waals surface area (Å²) in [5.41, 5.74) is 1.43. The van der Waals surface area contributed by atoms with Crippen molar-refractivity contribution in [3.8, 4) is 6.07 Å². The summed E-state index contributed by atoms with van der Waals surface area (Å²) >= 11 is 0. The summed E-state index contributed by atoms with van der Waals surface area (Å²) in [5.74, 6) is -0.569. The molecule has 0 aliphatic carbocycles. The van der Waals surface area contributed by atoms with Crippen LogP contribution in [0.2, 0.25) is 0 Å². The molecule has 6 nitrogen and oxygen atoms in total. The van der Waals surface area contributed by atoms with Gasteiger partial charge < -0.3 is 10.4 Å². The zero-order chi connectivity index (χ0) is 17.1.